The van der Waals surface area contributed by atoms with Gasteiger partial charge in [-0.25, -0.2) is 0 Å². The van der Waals surface area contributed by atoms with E-state index in [0.29, 0.717) is 66.6 Å². The molecule has 0 saturated carbocycles. The highest BCUT2D eigenvalue weighted by Gasteiger charge is 2.38. The van der Waals surface area contributed by atoms with Crippen molar-refractivity contribution >= 4 is 69.3 Å². The summed E-state index contributed by atoms with van der Waals surface area (Å²) in [7, 11) is -6.39. The van der Waals surface area contributed by atoms with E-state index in [1.54, 1.807) is 6.07 Å². The van der Waals surface area contributed by atoms with Crippen LogP contribution in [0.2, 0.25) is 10.0 Å². The first-order chi connectivity index (χ1) is 25.3. The van der Waals surface area contributed by atoms with Crippen molar-refractivity contribution in [2.75, 3.05) is 20.2 Å². The van der Waals surface area contributed by atoms with Crippen molar-refractivity contribution in [2.24, 2.45) is 0 Å². The molecule has 6 aromatic carbocycles. The topological polar surface area (TPSA) is 80.3 Å². The van der Waals surface area contributed by atoms with Crippen LogP contribution in [0.5, 0.6) is 28.7 Å². The minimum atomic E-state index is -3.24. The van der Waals surface area contributed by atoms with Crippen LogP contribution in [0.1, 0.15) is 12.5 Å². The Morgan fingerprint density at radius 2 is 0.885 bits per heavy atom. The van der Waals surface area contributed by atoms with Crippen LogP contribution in [0.4, 0.5) is 0 Å². The fourth-order valence-electron chi connectivity index (χ4n) is 6.31. The maximum absolute atomic E-state index is 14.6. The van der Waals surface area contributed by atoms with E-state index in [-0.39, 0.29) is 13.6 Å². The van der Waals surface area contributed by atoms with Gasteiger partial charge in [-0.3, -0.25) is 0 Å². The first-order valence-corrected chi connectivity index (χ1v) is 20.7. The second-order valence-corrected chi connectivity index (χ2v) is 18.1. The van der Waals surface area contributed by atoms with Gasteiger partial charge in [0.05, 0.1) is 16.7 Å². The fourth-order valence-corrected chi connectivity index (χ4v) is 12.9. The minimum absolute atomic E-state index is 0.0551. The summed E-state index contributed by atoms with van der Waals surface area (Å²) in [5.74, 6) is 2.42. The van der Waals surface area contributed by atoms with E-state index < -0.39 is 14.3 Å². The van der Waals surface area contributed by atoms with Gasteiger partial charge in [0.25, 0.3) is 0 Å². The monoisotopic (exact) mass is 770 g/mol. The Balaban J connectivity index is 0.000000162. The summed E-state index contributed by atoms with van der Waals surface area (Å²) in [5.41, 5.74) is 0.860. The summed E-state index contributed by atoms with van der Waals surface area (Å²) >= 11 is 13.3. The van der Waals surface area contributed by atoms with Crippen LogP contribution >= 0.6 is 37.5 Å². The minimum Gasteiger partial charge on any atom is -0.490 e. The average Bonchev–Trinajstić information content (AvgIpc) is 3.91. The number of rotatable bonds is 8. The SMILES string of the molecule is CCOc1cc(P(=O)(c2ccccc2)c2ccccc2)c(Cl)c2c1OCO2.Cc1cc(P(=O)(c2ccccc2)c2ccccc2)c(Cl)c2c1OCO2. The number of ether oxygens (including phenoxy) is 5. The molecule has 0 spiro atoms. The highest BCUT2D eigenvalue weighted by molar-refractivity contribution is 7.86. The van der Waals surface area contributed by atoms with Crippen molar-refractivity contribution in [3.63, 3.8) is 0 Å². The quantitative estimate of drug-likeness (QED) is 0.145. The van der Waals surface area contributed by atoms with Gasteiger partial charge in [-0.05, 0) is 31.5 Å². The van der Waals surface area contributed by atoms with Crippen LogP contribution in [0.15, 0.2) is 133 Å². The Morgan fingerprint density at radius 3 is 1.29 bits per heavy atom. The molecular weight excluding hydrogens is 737 g/mol. The molecule has 264 valence electrons. The van der Waals surface area contributed by atoms with Crippen molar-refractivity contribution in [3.8, 4) is 28.7 Å². The summed E-state index contributed by atoms with van der Waals surface area (Å²) in [6.07, 6.45) is 0. The number of hydrogen-bond acceptors (Lipinski definition) is 7. The van der Waals surface area contributed by atoms with E-state index in [4.69, 9.17) is 46.9 Å². The Hall–Kier alpha value is -4.64. The Kier molecular flexibility index (Phi) is 10.4. The molecule has 7 nitrogen and oxygen atoms in total. The average molecular weight is 772 g/mol. The lowest BCUT2D eigenvalue weighted by Gasteiger charge is -2.22. The molecule has 8 rings (SSSR count). The Morgan fingerprint density at radius 1 is 0.538 bits per heavy atom. The van der Waals surface area contributed by atoms with E-state index in [9.17, 15) is 9.13 Å². The zero-order valence-corrected chi connectivity index (χ0v) is 31.6. The third kappa shape index (κ3) is 6.37. The van der Waals surface area contributed by atoms with Gasteiger partial charge in [-0.15, -0.1) is 0 Å². The van der Waals surface area contributed by atoms with Crippen LogP contribution in [-0.4, -0.2) is 20.2 Å². The van der Waals surface area contributed by atoms with Crippen molar-refractivity contribution in [2.45, 2.75) is 13.8 Å². The highest BCUT2D eigenvalue weighted by Crippen LogP contribution is 2.53. The lowest BCUT2D eigenvalue weighted by atomic mass is 10.2. The second-order valence-electron chi connectivity index (χ2n) is 11.9. The molecule has 0 atom stereocenters. The summed E-state index contributed by atoms with van der Waals surface area (Å²) < 4.78 is 56.8. The molecule has 0 unspecified atom stereocenters. The Labute approximate surface area is 312 Å². The summed E-state index contributed by atoms with van der Waals surface area (Å²) in [6.45, 7) is 4.41. The smallest absolute Gasteiger partial charge is 0.231 e. The molecule has 0 radical (unpaired) electrons. The zero-order valence-electron chi connectivity index (χ0n) is 28.3. The highest BCUT2D eigenvalue weighted by atomic mass is 35.5. The molecule has 0 fully saturated rings. The number of fused-ring (bicyclic) bond motifs is 2. The number of aryl methyl sites for hydroxylation is 1. The van der Waals surface area contributed by atoms with Crippen LogP contribution < -0.4 is 55.5 Å². The fraction of sp³-hybridized carbons (Fsp3) is 0.122. The summed E-state index contributed by atoms with van der Waals surface area (Å²) in [6, 6.07) is 41.2. The van der Waals surface area contributed by atoms with Gasteiger partial charge in [-0.2, -0.15) is 0 Å². The van der Waals surface area contributed by atoms with Gasteiger partial charge in [-0.1, -0.05) is 145 Å². The molecule has 2 aliphatic heterocycles. The number of halogens is 2. The first kappa shape index (κ1) is 35.7. The summed E-state index contributed by atoms with van der Waals surface area (Å²) in [4.78, 5) is 0. The Bertz CT molecular complexity index is 2220. The van der Waals surface area contributed by atoms with E-state index in [1.165, 1.54) is 0 Å². The molecule has 52 heavy (non-hydrogen) atoms. The van der Waals surface area contributed by atoms with Crippen molar-refractivity contribution in [1.29, 1.82) is 0 Å². The van der Waals surface area contributed by atoms with Crippen molar-refractivity contribution in [3.05, 3.63) is 149 Å². The van der Waals surface area contributed by atoms with Gasteiger partial charge in [0, 0.05) is 31.8 Å². The molecule has 0 N–H and O–H groups in total. The van der Waals surface area contributed by atoms with Crippen molar-refractivity contribution in [1.82, 2.24) is 0 Å². The molecule has 6 aromatic rings. The molecule has 2 aliphatic rings. The standard InChI is InChI=1S/C21H18ClO4P.C20H16ClO3P/c1-2-24-17-13-18(19(22)21-20(17)25-14-26-21)27(23,15-9-5-3-6-10-15)16-11-7-4-8-12-16;1-14-12-17(18(21)20-19(14)23-13-24-20)25(22,15-8-4-2-5-9-15)16-10-6-3-7-11-16/h3-13H,2,14H2,1H3;2-12H,13H2,1H3. The van der Waals surface area contributed by atoms with Gasteiger partial charge >= 0.3 is 0 Å². The zero-order chi connectivity index (χ0) is 36.3. The van der Waals surface area contributed by atoms with Crippen molar-refractivity contribution < 1.29 is 32.8 Å². The summed E-state index contributed by atoms with van der Waals surface area (Å²) in [5, 5.41) is 4.57. The molecule has 0 aromatic heterocycles. The number of benzene rings is 6. The van der Waals surface area contributed by atoms with E-state index in [0.717, 1.165) is 16.2 Å². The predicted octanol–water partition coefficient (Wildman–Crippen LogP) is 8.12. The molecular formula is C41H34Cl2O7P2. The first-order valence-electron chi connectivity index (χ1n) is 16.6. The van der Waals surface area contributed by atoms with Crippen LogP contribution in [0.3, 0.4) is 0 Å². The maximum Gasteiger partial charge on any atom is 0.231 e. The third-order valence-electron chi connectivity index (χ3n) is 8.73. The molecule has 0 amide bonds. The van der Waals surface area contributed by atoms with Crippen LogP contribution in [0.25, 0.3) is 0 Å². The molecule has 2 heterocycles. The van der Waals surface area contributed by atoms with Crippen LogP contribution in [0, 0.1) is 6.92 Å². The van der Waals surface area contributed by atoms with E-state index in [1.807, 2.05) is 141 Å². The predicted molar refractivity (Wildman–Crippen MR) is 210 cm³/mol. The lowest BCUT2D eigenvalue weighted by molar-refractivity contribution is 0.170. The maximum atomic E-state index is 14.6. The molecule has 11 heteroatoms. The largest absolute Gasteiger partial charge is 0.490 e. The van der Waals surface area contributed by atoms with E-state index >= 15 is 0 Å². The molecule has 0 saturated heterocycles. The second kappa shape index (κ2) is 15.1. The third-order valence-corrected chi connectivity index (χ3v) is 15.9. The van der Waals surface area contributed by atoms with Gasteiger partial charge in [0.2, 0.25) is 19.3 Å². The molecule has 0 bridgehead atoms. The normalized spacial score (nSPS) is 12.9. The number of hydrogen-bond donors (Lipinski definition) is 0. The van der Waals surface area contributed by atoms with Crippen LogP contribution in [-0.2, 0) is 9.13 Å². The van der Waals surface area contributed by atoms with Gasteiger partial charge in [0.1, 0.15) is 0 Å². The molecule has 0 aliphatic carbocycles. The van der Waals surface area contributed by atoms with Gasteiger partial charge in [0.15, 0.2) is 37.3 Å². The lowest BCUT2D eigenvalue weighted by Crippen LogP contribution is -2.26. The van der Waals surface area contributed by atoms with E-state index in [2.05, 4.69) is 0 Å². The van der Waals surface area contributed by atoms with Gasteiger partial charge < -0.3 is 32.8 Å².